The highest BCUT2D eigenvalue weighted by Gasteiger charge is 2.35. The van der Waals surface area contributed by atoms with Crippen molar-refractivity contribution in [3.63, 3.8) is 0 Å². The highest BCUT2D eigenvalue weighted by atomic mass is 32.2. The van der Waals surface area contributed by atoms with E-state index in [1.807, 2.05) is 32.0 Å². The number of carbonyl (C=O) groups excluding carboxylic acids is 2. The number of nitrogens with zero attached hydrogens (tertiary/aromatic N) is 3. The normalized spacial score (nSPS) is 13.6. The van der Waals surface area contributed by atoms with Crippen molar-refractivity contribution in [1.29, 1.82) is 0 Å². The van der Waals surface area contributed by atoms with Gasteiger partial charge in [0.05, 0.1) is 17.6 Å². The molecule has 3 rings (SSSR count). The molecule has 0 aliphatic rings. The van der Waals surface area contributed by atoms with E-state index in [2.05, 4.69) is 4.98 Å². The number of unbranched alkanes of at least 4 members (excludes halogenated alkanes) is 1. The Bertz CT molecular complexity index is 1490. The number of halogens is 2. The van der Waals surface area contributed by atoms with Crippen LogP contribution in [0, 0.1) is 11.6 Å². The highest BCUT2D eigenvalue weighted by molar-refractivity contribution is 7.91. The van der Waals surface area contributed by atoms with Gasteiger partial charge in [0.1, 0.15) is 17.7 Å². The molecule has 244 valence electrons. The minimum atomic E-state index is -3.77. The topological polar surface area (TPSA) is 134 Å². The SMILES string of the molecule is CCCCS(=O)(=O)C[C@H](C(=O)N(Cc1cccc(CC)c1)C[C@@H](O)[C@@H](N)Cc1cc(F)cc(F)c1)N(C=O)Cc1cccnc1. The quantitative estimate of drug-likeness (QED) is 0.203. The number of aromatic nitrogens is 1. The molecule has 3 aromatic rings. The Morgan fingerprint density at radius 3 is 2.31 bits per heavy atom. The van der Waals surface area contributed by atoms with E-state index in [9.17, 15) is 31.9 Å². The molecule has 2 amide bonds. The Morgan fingerprint density at radius 1 is 1.00 bits per heavy atom. The van der Waals surface area contributed by atoms with E-state index in [0.29, 0.717) is 24.8 Å². The van der Waals surface area contributed by atoms with Crippen LogP contribution < -0.4 is 5.73 Å². The van der Waals surface area contributed by atoms with Crippen molar-refractivity contribution in [2.45, 2.75) is 70.8 Å². The van der Waals surface area contributed by atoms with Crippen molar-refractivity contribution in [1.82, 2.24) is 14.8 Å². The fourth-order valence-electron chi connectivity index (χ4n) is 5.03. The fourth-order valence-corrected chi connectivity index (χ4v) is 6.74. The molecule has 0 aliphatic heterocycles. The molecule has 45 heavy (non-hydrogen) atoms. The molecule has 0 unspecified atom stereocenters. The summed E-state index contributed by atoms with van der Waals surface area (Å²) >= 11 is 0. The van der Waals surface area contributed by atoms with Crippen LogP contribution in [0.25, 0.3) is 0 Å². The summed E-state index contributed by atoms with van der Waals surface area (Å²) in [6.07, 6.45) is 3.86. The van der Waals surface area contributed by atoms with Crippen LogP contribution in [-0.2, 0) is 45.4 Å². The number of nitrogens with two attached hydrogens (primary N) is 1. The lowest BCUT2D eigenvalue weighted by atomic mass is 10.0. The summed E-state index contributed by atoms with van der Waals surface area (Å²) in [6, 6.07) is 11.4. The number of aliphatic hydroxyl groups excluding tert-OH is 1. The minimum Gasteiger partial charge on any atom is -0.390 e. The van der Waals surface area contributed by atoms with Gasteiger partial charge in [0.25, 0.3) is 0 Å². The van der Waals surface area contributed by atoms with Crippen LogP contribution in [0.15, 0.2) is 67.0 Å². The number of hydrogen-bond donors (Lipinski definition) is 2. The second-order valence-corrected chi connectivity index (χ2v) is 13.5. The zero-order valence-electron chi connectivity index (χ0n) is 25.7. The van der Waals surface area contributed by atoms with Crippen molar-refractivity contribution in [3.8, 4) is 0 Å². The Labute approximate surface area is 264 Å². The smallest absolute Gasteiger partial charge is 0.246 e. The monoisotopic (exact) mass is 644 g/mol. The summed E-state index contributed by atoms with van der Waals surface area (Å²) in [6.45, 7) is 3.45. The first-order valence-electron chi connectivity index (χ1n) is 15.0. The van der Waals surface area contributed by atoms with Gasteiger partial charge in [-0.25, -0.2) is 17.2 Å². The number of hydrogen-bond acceptors (Lipinski definition) is 7. The molecule has 0 radical (unpaired) electrons. The minimum absolute atomic E-state index is 0.00383. The molecule has 1 heterocycles. The summed E-state index contributed by atoms with van der Waals surface area (Å²) in [5, 5.41) is 11.2. The average molecular weight is 645 g/mol. The van der Waals surface area contributed by atoms with Crippen LogP contribution in [0.2, 0.25) is 0 Å². The Hall–Kier alpha value is -3.74. The predicted octanol–water partition coefficient (Wildman–Crippen LogP) is 3.42. The third-order valence-corrected chi connectivity index (χ3v) is 9.24. The van der Waals surface area contributed by atoms with E-state index < -0.39 is 51.3 Å². The van der Waals surface area contributed by atoms with Gasteiger partial charge in [0.2, 0.25) is 12.3 Å². The average Bonchev–Trinajstić information content (AvgIpc) is 3.01. The van der Waals surface area contributed by atoms with Crippen molar-refractivity contribution in [2.24, 2.45) is 5.73 Å². The van der Waals surface area contributed by atoms with Crippen molar-refractivity contribution < 1.29 is 31.9 Å². The first-order chi connectivity index (χ1) is 21.4. The first-order valence-corrected chi connectivity index (χ1v) is 16.8. The maximum Gasteiger partial charge on any atom is 0.246 e. The van der Waals surface area contributed by atoms with Gasteiger partial charge in [0.15, 0.2) is 9.84 Å². The molecule has 0 aliphatic carbocycles. The van der Waals surface area contributed by atoms with Gasteiger partial charge in [-0.15, -0.1) is 0 Å². The lowest BCUT2D eigenvalue weighted by Gasteiger charge is -2.34. The maximum atomic E-state index is 14.3. The summed E-state index contributed by atoms with van der Waals surface area (Å²) < 4.78 is 53.9. The Kier molecular flexibility index (Phi) is 13.6. The van der Waals surface area contributed by atoms with E-state index in [4.69, 9.17) is 5.73 Å². The number of pyridine rings is 1. The van der Waals surface area contributed by atoms with Crippen LogP contribution in [0.5, 0.6) is 0 Å². The number of carbonyl (C=O) groups is 2. The first kappa shape index (κ1) is 35.7. The maximum absolute atomic E-state index is 14.3. The van der Waals surface area contributed by atoms with Crippen LogP contribution in [0.3, 0.4) is 0 Å². The summed E-state index contributed by atoms with van der Waals surface area (Å²) in [5.41, 5.74) is 8.82. The lowest BCUT2D eigenvalue weighted by molar-refractivity contribution is -0.142. The molecule has 0 bridgehead atoms. The third kappa shape index (κ3) is 11.3. The third-order valence-electron chi connectivity index (χ3n) is 7.51. The van der Waals surface area contributed by atoms with Crippen LogP contribution in [0.1, 0.15) is 48.9 Å². The number of aryl methyl sites for hydroxylation is 1. The standard InChI is InChI=1S/C33H42F2N4O5S/c1-3-5-12-45(43,44)22-31(39(23-40)20-26-10-7-11-37-18-26)33(42)38(19-25-9-6-8-24(4-2)13-25)21-32(41)30(36)16-27-14-28(34)17-29(35)15-27/h6-11,13-15,17-18,23,30-32,41H,3-5,12,16,19-22,36H2,1-2H3/t30-,31+,32+/m0/s1. The zero-order chi connectivity index (χ0) is 33.0. The van der Waals surface area contributed by atoms with E-state index in [1.165, 1.54) is 11.1 Å². The van der Waals surface area contributed by atoms with Gasteiger partial charge >= 0.3 is 0 Å². The number of amides is 2. The molecule has 3 atom stereocenters. The molecular weight excluding hydrogens is 602 g/mol. The number of rotatable bonds is 18. The van der Waals surface area contributed by atoms with Gasteiger partial charge in [-0.1, -0.05) is 50.6 Å². The van der Waals surface area contributed by atoms with Gasteiger partial charge in [0, 0.05) is 44.1 Å². The fraction of sp³-hybridized carbons (Fsp3) is 0.424. The van der Waals surface area contributed by atoms with E-state index in [0.717, 1.165) is 40.6 Å². The van der Waals surface area contributed by atoms with Crippen LogP contribution in [-0.4, -0.2) is 76.9 Å². The molecule has 1 aromatic heterocycles. The zero-order valence-corrected chi connectivity index (χ0v) is 26.5. The lowest BCUT2D eigenvalue weighted by Crippen LogP contribution is -2.54. The molecule has 12 heteroatoms. The Balaban J connectivity index is 1.97. The van der Waals surface area contributed by atoms with Crippen LogP contribution in [0.4, 0.5) is 8.78 Å². The van der Waals surface area contributed by atoms with Gasteiger partial charge in [-0.3, -0.25) is 14.6 Å². The van der Waals surface area contributed by atoms with E-state index >= 15 is 0 Å². The molecule has 2 aromatic carbocycles. The van der Waals surface area contributed by atoms with Crippen LogP contribution >= 0.6 is 0 Å². The van der Waals surface area contributed by atoms with Crippen molar-refractivity contribution in [3.05, 3.63) is 101 Å². The number of aliphatic hydroxyl groups is 1. The molecule has 0 saturated heterocycles. The summed E-state index contributed by atoms with van der Waals surface area (Å²) in [5.74, 6) is -3.01. The van der Waals surface area contributed by atoms with Crippen molar-refractivity contribution in [2.75, 3.05) is 18.1 Å². The molecule has 0 spiro atoms. The molecular formula is C33H42F2N4O5S. The summed E-state index contributed by atoms with van der Waals surface area (Å²) in [7, 11) is -3.77. The van der Waals surface area contributed by atoms with E-state index in [-0.39, 0.29) is 37.4 Å². The van der Waals surface area contributed by atoms with Gasteiger partial charge in [-0.2, -0.15) is 0 Å². The highest BCUT2D eigenvalue weighted by Crippen LogP contribution is 2.18. The van der Waals surface area contributed by atoms with Gasteiger partial charge < -0.3 is 20.6 Å². The number of benzene rings is 2. The molecule has 9 nitrogen and oxygen atoms in total. The van der Waals surface area contributed by atoms with E-state index in [1.54, 1.807) is 24.4 Å². The van der Waals surface area contributed by atoms with Crippen molar-refractivity contribution >= 4 is 22.2 Å². The second kappa shape index (κ2) is 17.1. The molecule has 0 fully saturated rings. The molecule has 0 saturated carbocycles. The largest absolute Gasteiger partial charge is 0.390 e. The van der Waals surface area contributed by atoms with Gasteiger partial charge in [-0.05, 0) is 59.7 Å². The predicted molar refractivity (Wildman–Crippen MR) is 168 cm³/mol. The number of sulfone groups is 1. The summed E-state index contributed by atoms with van der Waals surface area (Å²) in [4.78, 5) is 33.3. The molecule has 3 N–H and O–H groups in total. The second-order valence-electron chi connectivity index (χ2n) is 11.2. The Morgan fingerprint density at radius 2 is 1.69 bits per heavy atom.